The number of likely N-dealkylation sites (tertiary alicyclic amines) is 1. The molecule has 110 valence electrons. The van der Waals surface area contributed by atoms with Crippen LogP contribution >= 0.6 is 22.6 Å². The van der Waals surface area contributed by atoms with Crippen molar-refractivity contribution in [3.05, 3.63) is 31.6 Å². The molecule has 7 heteroatoms. The molecular formula is C13H17FIN3O2. The molecule has 0 aliphatic carbocycles. The Labute approximate surface area is 130 Å². The summed E-state index contributed by atoms with van der Waals surface area (Å²) in [7, 11) is 2.06. The number of hydrogen-bond donors (Lipinski definition) is 1. The number of hydrogen-bond acceptors (Lipinski definition) is 4. The van der Waals surface area contributed by atoms with Crippen LogP contribution in [-0.2, 0) is 0 Å². The van der Waals surface area contributed by atoms with Crippen LogP contribution in [0.3, 0.4) is 0 Å². The molecule has 1 aromatic carbocycles. The maximum atomic E-state index is 13.7. The number of nitrogens with one attached hydrogen (secondary N) is 1. The Balaban J connectivity index is 2.24. The number of halogens is 2. The Bertz CT molecular complexity index is 527. The fourth-order valence-electron chi connectivity index (χ4n) is 2.57. The zero-order valence-electron chi connectivity index (χ0n) is 11.4. The summed E-state index contributed by atoms with van der Waals surface area (Å²) in [6.07, 6.45) is 0.891. The summed E-state index contributed by atoms with van der Waals surface area (Å²) >= 11 is 1.76. The molecule has 0 amide bonds. The van der Waals surface area contributed by atoms with Crippen molar-refractivity contribution in [3.63, 3.8) is 0 Å². The first-order valence-electron chi connectivity index (χ1n) is 6.47. The Kier molecular flexibility index (Phi) is 4.79. The first kappa shape index (κ1) is 15.4. The van der Waals surface area contributed by atoms with E-state index in [2.05, 4.69) is 24.2 Å². The fourth-order valence-corrected chi connectivity index (χ4v) is 3.02. The standard InChI is InChI=1S/C13H17FIN3O2/c1-8-7-17(2)4-3-11(8)16-12-5-9(14)10(15)6-13(12)18(19)20/h5-6,8,11,16H,3-4,7H2,1-2H3. The van der Waals surface area contributed by atoms with Crippen molar-refractivity contribution < 1.29 is 9.31 Å². The fraction of sp³-hybridized carbons (Fsp3) is 0.538. The first-order valence-corrected chi connectivity index (χ1v) is 7.55. The summed E-state index contributed by atoms with van der Waals surface area (Å²) in [4.78, 5) is 12.9. The van der Waals surface area contributed by atoms with E-state index in [1.807, 2.05) is 0 Å². The summed E-state index contributed by atoms with van der Waals surface area (Å²) in [6.45, 7) is 3.96. The van der Waals surface area contributed by atoms with Gasteiger partial charge < -0.3 is 10.2 Å². The topological polar surface area (TPSA) is 58.4 Å². The average molecular weight is 393 g/mol. The lowest BCUT2D eigenvalue weighted by Crippen LogP contribution is -2.43. The van der Waals surface area contributed by atoms with Crippen LogP contribution in [-0.4, -0.2) is 36.0 Å². The van der Waals surface area contributed by atoms with Crippen LogP contribution in [0.1, 0.15) is 13.3 Å². The van der Waals surface area contributed by atoms with E-state index >= 15 is 0 Å². The Morgan fingerprint density at radius 1 is 1.55 bits per heavy atom. The van der Waals surface area contributed by atoms with Gasteiger partial charge >= 0.3 is 0 Å². The monoisotopic (exact) mass is 393 g/mol. The highest BCUT2D eigenvalue weighted by Crippen LogP contribution is 2.31. The van der Waals surface area contributed by atoms with Gasteiger partial charge in [0, 0.05) is 24.7 Å². The van der Waals surface area contributed by atoms with Crippen molar-refractivity contribution >= 4 is 34.0 Å². The van der Waals surface area contributed by atoms with Crippen LogP contribution in [0, 0.1) is 25.4 Å². The molecular weight excluding hydrogens is 376 g/mol. The minimum atomic E-state index is -0.469. The van der Waals surface area contributed by atoms with Crippen molar-refractivity contribution in [1.29, 1.82) is 0 Å². The third kappa shape index (κ3) is 3.38. The van der Waals surface area contributed by atoms with E-state index < -0.39 is 10.7 Å². The normalized spacial score (nSPS) is 23.6. The summed E-state index contributed by atoms with van der Waals surface area (Å²) in [5.74, 6) is -0.0741. The molecule has 1 heterocycles. The van der Waals surface area contributed by atoms with Gasteiger partial charge in [-0.05, 0) is 48.5 Å². The maximum Gasteiger partial charge on any atom is 0.293 e. The molecule has 1 aliphatic heterocycles. The van der Waals surface area contributed by atoms with Crippen molar-refractivity contribution in [3.8, 4) is 0 Å². The molecule has 0 aromatic heterocycles. The molecule has 0 saturated carbocycles. The Morgan fingerprint density at radius 2 is 2.25 bits per heavy atom. The number of nitro benzene ring substituents is 1. The van der Waals surface area contributed by atoms with Gasteiger partial charge in [0.2, 0.25) is 0 Å². The van der Waals surface area contributed by atoms with Gasteiger partial charge in [0.1, 0.15) is 11.5 Å². The Hall–Kier alpha value is -0.960. The van der Waals surface area contributed by atoms with Gasteiger partial charge in [0.25, 0.3) is 5.69 Å². The molecule has 1 aliphatic rings. The average Bonchev–Trinajstić information content (AvgIpc) is 2.36. The zero-order chi connectivity index (χ0) is 14.9. The van der Waals surface area contributed by atoms with Crippen LogP contribution in [0.25, 0.3) is 0 Å². The predicted molar refractivity (Wildman–Crippen MR) is 84.5 cm³/mol. The third-order valence-corrected chi connectivity index (χ3v) is 4.51. The van der Waals surface area contributed by atoms with Crippen LogP contribution in [0.2, 0.25) is 0 Å². The molecule has 0 radical (unpaired) electrons. The smallest absolute Gasteiger partial charge is 0.293 e. The molecule has 1 fully saturated rings. The molecule has 1 N–H and O–H groups in total. The van der Waals surface area contributed by atoms with Crippen LogP contribution in [0.4, 0.5) is 15.8 Å². The Morgan fingerprint density at radius 3 is 2.85 bits per heavy atom. The number of nitrogens with zero attached hydrogens (tertiary/aromatic N) is 2. The van der Waals surface area contributed by atoms with Gasteiger partial charge in [-0.1, -0.05) is 6.92 Å². The molecule has 20 heavy (non-hydrogen) atoms. The third-order valence-electron chi connectivity index (χ3n) is 3.68. The molecule has 0 bridgehead atoms. The highest BCUT2D eigenvalue weighted by molar-refractivity contribution is 14.1. The van der Waals surface area contributed by atoms with E-state index in [0.29, 0.717) is 5.92 Å². The molecule has 2 rings (SSSR count). The number of piperidine rings is 1. The lowest BCUT2D eigenvalue weighted by atomic mass is 9.94. The highest BCUT2D eigenvalue weighted by atomic mass is 127. The largest absolute Gasteiger partial charge is 0.376 e. The molecule has 2 unspecified atom stereocenters. The molecule has 1 aromatic rings. The number of nitro groups is 1. The summed E-state index contributed by atoms with van der Waals surface area (Å²) in [6, 6.07) is 2.63. The van der Waals surface area contributed by atoms with Crippen molar-refractivity contribution in [2.45, 2.75) is 19.4 Å². The SMILES string of the molecule is CC1CN(C)CCC1Nc1cc(F)c(I)cc1[N+](=O)[O-]. The van der Waals surface area contributed by atoms with Crippen molar-refractivity contribution in [1.82, 2.24) is 4.90 Å². The van der Waals surface area contributed by atoms with Crippen LogP contribution in [0.15, 0.2) is 12.1 Å². The van der Waals surface area contributed by atoms with E-state index in [1.165, 1.54) is 12.1 Å². The number of benzene rings is 1. The molecule has 2 atom stereocenters. The van der Waals surface area contributed by atoms with Gasteiger partial charge in [-0.25, -0.2) is 4.39 Å². The van der Waals surface area contributed by atoms with Gasteiger partial charge in [0.05, 0.1) is 8.49 Å². The first-order chi connectivity index (χ1) is 9.38. The van der Waals surface area contributed by atoms with Gasteiger partial charge in [-0.3, -0.25) is 10.1 Å². The minimum absolute atomic E-state index is 0.0677. The van der Waals surface area contributed by atoms with E-state index in [1.54, 1.807) is 22.6 Å². The van der Waals surface area contributed by atoms with Gasteiger partial charge in [-0.15, -0.1) is 0 Å². The van der Waals surface area contributed by atoms with Crippen LogP contribution in [0.5, 0.6) is 0 Å². The molecule has 1 saturated heterocycles. The summed E-state index contributed by atoms with van der Waals surface area (Å²) in [5.41, 5.74) is 0.205. The van der Waals surface area contributed by atoms with Gasteiger partial charge in [-0.2, -0.15) is 0 Å². The second kappa shape index (κ2) is 6.21. The maximum absolute atomic E-state index is 13.7. The summed E-state index contributed by atoms with van der Waals surface area (Å²) in [5, 5.41) is 14.2. The second-order valence-corrected chi connectivity index (χ2v) is 6.48. The van der Waals surface area contributed by atoms with Crippen molar-refractivity contribution in [2.24, 2.45) is 5.92 Å². The lowest BCUT2D eigenvalue weighted by Gasteiger charge is -2.35. The van der Waals surface area contributed by atoms with E-state index in [0.717, 1.165) is 19.5 Å². The minimum Gasteiger partial charge on any atom is -0.376 e. The zero-order valence-corrected chi connectivity index (χ0v) is 13.6. The second-order valence-electron chi connectivity index (χ2n) is 5.32. The highest BCUT2D eigenvalue weighted by Gasteiger charge is 2.27. The van der Waals surface area contributed by atoms with E-state index in [-0.39, 0.29) is 21.0 Å². The van der Waals surface area contributed by atoms with E-state index in [9.17, 15) is 14.5 Å². The number of anilines is 1. The number of rotatable bonds is 3. The van der Waals surface area contributed by atoms with Crippen molar-refractivity contribution in [2.75, 3.05) is 25.5 Å². The van der Waals surface area contributed by atoms with Gasteiger partial charge in [0.15, 0.2) is 0 Å². The molecule has 0 spiro atoms. The molecule has 5 nitrogen and oxygen atoms in total. The lowest BCUT2D eigenvalue weighted by molar-refractivity contribution is -0.384. The predicted octanol–water partition coefficient (Wildman–Crippen LogP) is 3.09. The van der Waals surface area contributed by atoms with Crippen LogP contribution < -0.4 is 5.32 Å². The van der Waals surface area contributed by atoms with E-state index in [4.69, 9.17) is 0 Å². The summed E-state index contributed by atoms with van der Waals surface area (Å²) < 4.78 is 13.9. The quantitative estimate of drug-likeness (QED) is 0.487.